The Balaban J connectivity index is 2.47. The highest BCUT2D eigenvalue weighted by Gasteiger charge is 2.37. The van der Waals surface area contributed by atoms with Gasteiger partial charge in [-0.3, -0.25) is 9.59 Å². The molecule has 0 aliphatic carbocycles. The summed E-state index contributed by atoms with van der Waals surface area (Å²) < 4.78 is 5.44. The first kappa shape index (κ1) is 28.9. The minimum absolute atomic E-state index is 0.166. The van der Waals surface area contributed by atoms with Crippen LogP contribution in [0, 0.1) is 12.8 Å². The maximum atomic E-state index is 14.0. The molecule has 3 amide bonds. The van der Waals surface area contributed by atoms with E-state index in [-0.39, 0.29) is 17.7 Å². The predicted molar refractivity (Wildman–Crippen MR) is 144 cm³/mol. The summed E-state index contributed by atoms with van der Waals surface area (Å²) in [5.41, 5.74) is 1.62. The van der Waals surface area contributed by atoms with Gasteiger partial charge in [0.2, 0.25) is 5.91 Å². The van der Waals surface area contributed by atoms with Crippen molar-refractivity contribution in [1.29, 1.82) is 0 Å². The maximum Gasteiger partial charge on any atom is 0.408 e. The number of para-hydroxylation sites is 1. The monoisotopic (exact) mass is 495 g/mol. The average molecular weight is 496 g/mol. The zero-order chi connectivity index (χ0) is 26.9. The molecule has 3 atom stereocenters. The van der Waals surface area contributed by atoms with E-state index in [1.165, 1.54) is 0 Å². The maximum absolute atomic E-state index is 14.0. The summed E-state index contributed by atoms with van der Waals surface area (Å²) in [6.07, 6.45) is 0.655. The van der Waals surface area contributed by atoms with Crippen LogP contribution >= 0.6 is 0 Å². The topological polar surface area (TPSA) is 87.7 Å². The van der Waals surface area contributed by atoms with E-state index in [2.05, 4.69) is 10.6 Å². The third kappa shape index (κ3) is 8.11. The largest absolute Gasteiger partial charge is 0.444 e. The van der Waals surface area contributed by atoms with Gasteiger partial charge < -0.3 is 20.3 Å². The molecular formula is C29H41N3O4. The van der Waals surface area contributed by atoms with Crippen LogP contribution in [0.4, 0.5) is 10.5 Å². The molecular weight excluding hydrogens is 454 g/mol. The lowest BCUT2D eigenvalue weighted by molar-refractivity contribution is -0.141. The Bertz CT molecular complexity index is 1020. The number of rotatable bonds is 10. The fourth-order valence-corrected chi connectivity index (χ4v) is 3.93. The van der Waals surface area contributed by atoms with Gasteiger partial charge in [-0.15, -0.1) is 0 Å². The minimum atomic E-state index is -0.870. The third-order valence-corrected chi connectivity index (χ3v) is 5.98. The van der Waals surface area contributed by atoms with E-state index in [9.17, 15) is 14.4 Å². The lowest BCUT2D eigenvalue weighted by Gasteiger charge is -2.36. The molecule has 0 bridgehead atoms. The molecule has 2 N–H and O–H groups in total. The highest BCUT2D eigenvalue weighted by Crippen LogP contribution is 2.27. The van der Waals surface area contributed by atoms with Crippen molar-refractivity contribution in [2.24, 2.45) is 5.92 Å². The van der Waals surface area contributed by atoms with E-state index in [1.807, 2.05) is 82.3 Å². The van der Waals surface area contributed by atoms with Crippen molar-refractivity contribution >= 4 is 23.6 Å². The van der Waals surface area contributed by atoms with Crippen LogP contribution in [0.3, 0.4) is 0 Å². The smallest absolute Gasteiger partial charge is 0.408 e. The van der Waals surface area contributed by atoms with Gasteiger partial charge in [-0.05, 0) is 57.2 Å². The van der Waals surface area contributed by atoms with Gasteiger partial charge in [0.05, 0.1) is 0 Å². The van der Waals surface area contributed by atoms with Crippen LogP contribution in [-0.4, -0.2) is 41.0 Å². The molecule has 0 aliphatic heterocycles. The number of carbonyl (C=O) groups excluding carboxylic acids is 3. The number of benzene rings is 2. The van der Waals surface area contributed by atoms with Crippen LogP contribution in [0.25, 0.3) is 0 Å². The number of alkyl carbamates (subject to hydrolysis) is 1. The molecule has 0 aliphatic rings. The number of carbonyl (C=O) groups is 3. The molecule has 0 saturated carbocycles. The van der Waals surface area contributed by atoms with Gasteiger partial charge in [0.25, 0.3) is 5.91 Å². The van der Waals surface area contributed by atoms with Gasteiger partial charge in [-0.2, -0.15) is 0 Å². The van der Waals surface area contributed by atoms with E-state index in [1.54, 1.807) is 25.7 Å². The number of nitrogens with one attached hydrogen (secondary N) is 2. The summed E-state index contributed by atoms with van der Waals surface area (Å²) >= 11 is 0. The molecule has 36 heavy (non-hydrogen) atoms. The van der Waals surface area contributed by atoms with E-state index < -0.39 is 23.8 Å². The van der Waals surface area contributed by atoms with Gasteiger partial charge >= 0.3 is 6.09 Å². The molecule has 2 aromatic rings. The molecule has 7 nitrogen and oxygen atoms in total. The molecule has 2 aromatic carbocycles. The third-order valence-electron chi connectivity index (χ3n) is 5.98. The zero-order valence-electron chi connectivity index (χ0n) is 22.6. The molecule has 7 heteroatoms. The van der Waals surface area contributed by atoms with Crippen molar-refractivity contribution in [3.05, 3.63) is 65.7 Å². The first-order chi connectivity index (χ1) is 17.0. The van der Waals surface area contributed by atoms with Crippen LogP contribution in [0.15, 0.2) is 54.6 Å². The summed E-state index contributed by atoms with van der Waals surface area (Å²) in [6.45, 7) is 13.4. The summed E-state index contributed by atoms with van der Waals surface area (Å²) in [7, 11) is 0. The fraction of sp³-hybridized carbons (Fsp3) is 0.483. The number of amides is 3. The molecule has 0 saturated heterocycles. The fourth-order valence-electron chi connectivity index (χ4n) is 3.93. The van der Waals surface area contributed by atoms with Crippen molar-refractivity contribution < 1.29 is 19.1 Å². The molecule has 0 spiro atoms. The number of aryl methyl sites for hydroxylation is 1. The van der Waals surface area contributed by atoms with E-state index in [4.69, 9.17) is 4.74 Å². The Morgan fingerprint density at radius 3 is 2.14 bits per heavy atom. The highest BCUT2D eigenvalue weighted by atomic mass is 16.6. The Morgan fingerprint density at radius 1 is 0.972 bits per heavy atom. The van der Waals surface area contributed by atoms with Crippen molar-refractivity contribution in [2.45, 2.75) is 79.0 Å². The number of anilines is 1. The summed E-state index contributed by atoms with van der Waals surface area (Å²) in [4.78, 5) is 42.0. The highest BCUT2D eigenvalue weighted by molar-refractivity contribution is 5.99. The van der Waals surface area contributed by atoms with Gasteiger partial charge in [-0.1, -0.05) is 75.7 Å². The normalized spacial score (nSPS) is 13.8. The Kier molecular flexibility index (Phi) is 10.5. The van der Waals surface area contributed by atoms with Crippen LogP contribution in [0.1, 0.15) is 71.6 Å². The second kappa shape index (κ2) is 13.1. The van der Waals surface area contributed by atoms with Crippen LogP contribution in [0.2, 0.25) is 0 Å². The van der Waals surface area contributed by atoms with Crippen molar-refractivity contribution in [1.82, 2.24) is 10.2 Å². The van der Waals surface area contributed by atoms with Gasteiger partial charge in [-0.25, -0.2) is 4.79 Å². The zero-order valence-corrected chi connectivity index (χ0v) is 22.6. The first-order valence-electron chi connectivity index (χ1n) is 12.7. The Morgan fingerprint density at radius 2 is 1.58 bits per heavy atom. The average Bonchev–Trinajstić information content (AvgIpc) is 2.82. The van der Waals surface area contributed by atoms with E-state index >= 15 is 0 Å². The molecule has 2 rings (SSSR count). The second-order valence-corrected chi connectivity index (χ2v) is 10.2. The predicted octanol–water partition coefficient (Wildman–Crippen LogP) is 5.85. The lowest BCUT2D eigenvalue weighted by atomic mass is 9.95. The van der Waals surface area contributed by atoms with Crippen molar-refractivity contribution in [2.75, 3.05) is 11.9 Å². The van der Waals surface area contributed by atoms with Gasteiger partial charge in [0.15, 0.2) is 0 Å². The lowest BCUT2D eigenvalue weighted by Crippen LogP contribution is -2.54. The standard InChI is InChI=1S/C29H41N3O4/c1-8-19-32(27(34)24(20(3)9-2)31-28(35)36-29(5,6)7)25(22-16-11-10-12-17-22)26(33)30-23-18-14-13-15-21(23)4/h10-18,20,24-25H,8-9,19H2,1-7H3,(H,30,33)(H,31,35). The number of hydrogen-bond acceptors (Lipinski definition) is 4. The van der Waals surface area contributed by atoms with E-state index in [0.717, 1.165) is 5.56 Å². The Labute approximate surface area is 215 Å². The number of hydrogen-bond donors (Lipinski definition) is 2. The molecule has 0 fully saturated rings. The molecule has 0 aromatic heterocycles. The number of nitrogens with zero attached hydrogens (tertiary/aromatic N) is 1. The second-order valence-electron chi connectivity index (χ2n) is 10.2. The van der Waals surface area contributed by atoms with Crippen molar-refractivity contribution in [3.63, 3.8) is 0 Å². The van der Waals surface area contributed by atoms with Crippen LogP contribution in [0.5, 0.6) is 0 Å². The molecule has 3 unspecified atom stereocenters. The van der Waals surface area contributed by atoms with Crippen molar-refractivity contribution in [3.8, 4) is 0 Å². The quantitative estimate of drug-likeness (QED) is 0.433. The van der Waals surface area contributed by atoms with Crippen LogP contribution < -0.4 is 10.6 Å². The molecule has 0 radical (unpaired) electrons. The summed E-state index contributed by atoms with van der Waals surface area (Å²) in [6, 6.07) is 15.1. The molecule has 0 heterocycles. The van der Waals surface area contributed by atoms with Gasteiger partial charge in [0, 0.05) is 12.2 Å². The Hall–Kier alpha value is -3.35. The summed E-state index contributed by atoms with van der Waals surface area (Å²) in [5.74, 6) is -0.788. The minimum Gasteiger partial charge on any atom is -0.444 e. The summed E-state index contributed by atoms with van der Waals surface area (Å²) in [5, 5.41) is 5.79. The van der Waals surface area contributed by atoms with Crippen LogP contribution in [-0.2, 0) is 14.3 Å². The number of ether oxygens (including phenoxy) is 1. The first-order valence-corrected chi connectivity index (χ1v) is 12.7. The van der Waals surface area contributed by atoms with Gasteiger partial charge in [0.1, 0.15) is 17.7 Å². The molecule has 196 valence electrons. The van der Waals surface area contributed by atoms with E-state index in [0.29, 0.717) is 30.6 Å². The SMILES string of the molecule is CCCN(C(=O)C(NC(=O)OC(C)(C)C)C(C)CC)C(C(=O)Nc1ccccc1C)c1ccccc1.